The number of carbonyl (C=O) groups is 1. The van der Waals surface area contributed by atoms with Crippen molar-refractivity contribution in [2.75, 3.05) is 24.3 Å². The van der Waals surface area contributed by atoms with E-state index in [0.717, 1.165) is 6.07 Å². The van der Waals surface area contributed by atoms with Crippen molar-refractivity contribution in [3.8, 4) is 11.3 Å². The molecule has 1 amide bonds. The number of aromatic nitrogens is 1. The monoisotopic (exact) mass is 444 g/mol. The molecule has 2 heterocycles. The molecule has 7 nitrogen and oxygen atoms in total. The number of halogens is 3. The predicted molar refractivity (Wildman–Crippen MR) is 113 cm³/mol. The molecule has 0 atom stereocenters. The van der Waals surface area contributed by atoms with Gasteiger partial charge in [-0.15, -0.1) is 0 Å². The third-order valence-corrected chi connectivity index (χ3v) is 5.04. The van der Waals surface area contributed by atoms with Crippen LogP contribution in [0.25, 0.3) is 11.3 Å². The van der Waals surface area contributed by atoms with Gasteiger partial charge in [-0.05, 0) is 23.8 Å². The van der Waals surface area contributed by atoms with Crippen molar-refractivity contribution >= 4 is 28.7 Å². The number of rotatable bonds is 4. The van der Waals surface area contributed by atoms with Crippen molar-refractivity contribution in [3.05, 3.63) is 59.4 Å². The highest BCUT2D eigenvalue weighted by Gasteiger charge is 2.36. The van der Waals surface area contributed by atoms with Crippen LogP contribution < -0.4 is 10.2 Å². The lowest BCUT2D eigenvalue weighted by Crippen LogP contribution is -2.18. The quantitative estimate of drug-likeness (QED) is 0.623. The highest BCUT2D eigenvalue weighted by Crippen LogP contribution is 2.43. The van der Waals surface area contributed by atoms with Gasteiger partial charge in [-0.25, -0.2) is 0 Å². The molecule has 1 aliphatic heterocycles. The molecule has 2 N–H and O–H groups in total. The van der Waals surface area contributed by atoms with E-state index < -0.39 is 17.6 Å². The van der Waals surface area contributed by atoms with Crippen LogP contribution in [0.1, 0.15) is 23.1 Å². The molecule has 0 unspecified atom stereocenters. The topological polar surface area (TPSA) is 91.0 Å². The van der Waals surface area contributed by atoms with Crippen LogP contribution in [0.3, 0.4) is 0 Å². The molecule has 0 spiro atoms. The average Bonchev–Trinajstić information content (AvgIpc) is 3.15. The lowest BCUT2D eigenvalue weighted by Gasteiger charge is -2.21. The minimum atomic E-state index is -4.59. The number of alkyl halides is 3. The van der Waals surface area contributed by atoms with Gasteiger partial charge in [-0.1, -0.05) is 23.4 Å². The molecule has 10 heteroatoms. The summed E-state index contributed by atoms with van der Waals surface area (Å²) in [5.41, 5.74) is 1.91. The SMILES string of the molecule is CN(C)c1cc2c(cc1C(F)(F)F)NC(=O)CC(c1cccc(-c3nocc3CO)c1)=N2. The summed E-state index contributed by atoms with van der Waals surface area (Å²) in [5, 5.41) is 15.9. The number of nitrogens with one attached hydrogen (secondary N) is 1. The van der Waals surface area contributed by atoms with E-state index in [1.807, 2.05) is 0 Å². The predicted octanol–water partition coefficient (Wildman–Crippen LogP) is 4.38. The zero-order chi connectivity index (χ0) is 23.0. The van der Waals surface area contributed by atoms with Crippen molar-refractivity contribution in [3.63, 3.8) is 0 Å². The number of benzene rings is 2. The van der Waals surface area contributed by atoms with Crippen molar-refractivity contribution in [1.82, 2.24) is 5.16 Å². The molecular weight excluding hydrogens is 425 g/mol. The summed E-state index contributed by atoms with van der Waals surface area (Å²) in [5.74, 6) is -0.476. The number of aliphatic hydroxyl groups excluding tert-OH is 1. The normalized spacial score (nSPS) is 13.8. The molecule has 32 heavy (non-hydrogen) atoms. The van der Waals surface area contributed by atoms with Crippen molar-refractivity contribution in [1.29, 1.82) is 0 Å². The van der Waals surface area contributed by atoms with Crippen molar-refractivity contribution < 1.29 is 27.6 Å². The second-order valence-electron chi connectivity index (χ2n) is 7.49. The lowest BCUT2D eigenvalue weighted by atomic mass is 10.0. The fourth-order valence-corrected chi connectivity index (χ4v) is 3.52. The smallest absolute Gasteiger partial charge is 0.391 e. The van der Waals surface area contributed by atoms with Gasteiger partial charge in [0.2, 0.25) is 5.91 Å². The number of aliphatic imine (C=N–C) groups is 1. The molecule has 3 aromatic rings. The molecule has 0 aliphatic carbocycles. The molecule has 4 rings (SSSR count). The van der Waals surface area contributed by atoms with E-state index in [9.17, 15) is 23.1 Å². The number of aliphatic hydroxyl groups is 1. The van der Waals surface area contributed by atoms with Crippen LogP contribution in [0.15, 0.2) is 52.2 Å². The molecular formula is C22H19F3N4O3. The summed E-state index contributed by atoms with van der Waals surface area (Å²) in [4.78, 5) is 18.4. The number of amides is 1. The van der Waals surface area contributed by atoms with Gasteiger partial charge in [0.1, 0.15) is 12.0 Å². The van der Waals surface area contributed by atoms with E-state index in [-0.39, 0.29) is 30.1 Å². The number of carbonyl (C=O) groups excluding carboxylic acids is 1. The van der Waals surface area contributed by atoms with E-state index in [2.05, 4.69) is 15.5 Å². The Balaban J connectivity index is 1.83. The third-order valence-electron chi connectivity index (χ3n) is 5.04. The molecule has 0 saturated heterocycles. The van der Waals surface area contributed by atoms with Crippen molar-refractivity contribution in [2.45, 2.75) is 19.2 Å². The van der Waals surface area contributed by atoms with Gasteiger partial charge in [0.25, 0.3) is 0 Å². The zero-order valence-corrected chi connectivity index (χ0v) is 17.2. The van der Waals surface area contributed by atoms with E-state index in [1.165, 1.54) is 31.3 Å². The van der Waals surface area contributed by atoms with Gasteiger partial charge in [0.15, 0.2) is 0 Å². The molecule has 0 fully saturated rings. The molecule has 0 saturated carbocycles. The maximum Gasteiger partial charge on any atom is 0.418 e. The lowest BCUT2D eigenvalue weighted by molar-refractivity contribution is -0.137. The van der Waals surface area contributed by atoms with Crippen LogP contribution in [0.5, 0.6) is 0 Å². The Morgan fingerprint density at radius 2 is 1.94 bits per heavy atom. The summed E-state index contributed by atoms with van der Waals surface area (Å²) in [6.07, 6.45) is -3.37. The summed E-state index contributed by atoms with van der Waals surface area (Å²) >= 11 is 0. The number of hydrogen-bond donors (Lipinski definition) is 2. The number of hydrogen-bond acceptors (Lipinski definition) is 6. The Kier molecular flexibility index (Phi) is 5.47. The summed E-state index contributed by atoms with van der Waals surface area (Å²) in [7, 11) is 3.02. The van der Waals surface area contributed by atoms with Crippen LogP contribution in [-0.2, 0) is 17.6 Å². The zero-order valence-electron chi connectivity index (χ0n) is 17.2. The fourth-order valence-electron chi connectivity index (χ4n) is 3.52. The standard InChI is InChI=1S/C22H19F3N4O3/c1-29(2)19-8-18-17(7-15(19)22(23,24)25)27-20(31)9-16(26-18)12-4-3-5-13(6-12)21-14(10-30)11-32-28-21/h3-8,11,30H,9-10H2,1-2H3,(H,27,31). The molecule has 1 aliphatic rings. The Hall–Kier alpha value is -3.66. The average molecular weight is 444 g/mol. The van der Waals surface area contributed by atoms with Crippen LogP contribution in [0, 0.1) is 0 Å². The Morgan fingerprint density at radius 3 is 2.62 bits per heavy atom. The van der Waals surface area contributed by atoms with E-state index in [0.29, 0.717) is 28.1 Å². The Labute approximate surface area is 181 Å². The van der Waals surface area contributed by atoms with Gasteiger partial charge in [0.05, 0.1) is 41.4 Å². The molecule has 1 aromatic heterocycles. The second-order valence-corrected chi connectivity index (χ2v) is 7.49. The van der Waals surface area contributed by atoms with Crippen LogP contribution in [0.4, 0.5) is 30.2 Å². The Morgan fingerprint density at radius 1 is 1.19 bits per heavy atom. The number of fused-ring (bicyclic) bond motifs is 1. The minimum Gasteiger partial charge on any atom is -0.391 e. The van der Waals surface area contributed by atoms with E-state index in [4.69, 9.17) is 4.52 Å². The first-order valence-electron chi connectivity index (χ1n) is 9.62. The first-order valence-corrected chi connectivity index (χ1v) is 9.62. The minimum absolute atomic E-state index is 0.00172. The van der Waals surface area contributed by atoms with Crippen LogP contribution in [-0.4, -0.2) is 36.0 Å². The maximum absolute atomic E-state index is 13.6. The maximum atomic E-state index is 13.6. The molecule has 0 bridgehead atoms. The number of nitrogens with zero attached hydrogens (tertiary/aromatic N) is 3. The van der Waals surface area contributed by atoms with Crippen LogP contribution >= 0.6 is 0 Å². The summed E-state index contributed by atoms with van der Waals surface area (Å²) in [6.45, 7) is -0.255. The van der Waals surface area contributed by atoms with Gasteiger partial charge in [-0.2, -0.15) is 13.2 Å². The Bertz CT molecular complexity index is 1220. The highest BCUT2D eigenvalue weighted by atomic mass is 19.4. The van der Waals surface area contributed by atoms with Gasteiger partial charge >= 0.3 is 6.18 Å². The van der Waals surface area contributed by atoms with E-state index in [1.54, 1.807) is 24.3 Å². The van der Waals surface area contributed by atoms with E-state index >= 15 is 0 Å². The fraction of sp³-hybridized carbons (Fsp3) is 0.227. The second kappa shape index (κ2) is 8.12. The van der Waals surface area contributed by atoms with Gasteiger partial charge in [-0.3, -0.25) is 9.79 Å². The molecule has 166 valence electrons. The summed E-state index contributed by atoms with van der Waals surface area (Å²) in [6, 6.07) is 9.22. The number of anilines is 2. The van der Waals surface area contributed by atoms with Gasteiger partial charge in [0, 0.05) is 25.2 Å². The third kappa shape index (κ3) is 4.09. The van der Waals surface area contributed by atoms with Gasteiger partial charge < -0.3 is 19.8 Å². The highest BCUT2D eigenvalue weighted by molar-refractivity contribution is 6.17. The molecule has 2 aromatic carbocycles. The first-order chi connectivity index (χ1) is 15.2. The largest absolute Gasteiger partial charge is 0.418 e. The first kappa shape index (κ1) is 21.6. The van der Waals surface area contributed by atoms with Crippen LogP contribution in [0.2, 0.25) is 0 Å². The summed E-state index contributed by atoms with van der Waals surface area (Å²) < 4.78 is 45.6. The molecule has 0 radical (unpaired) electrons. The van der Waals surface area contributed by atoms with Crippen molar-refractivity contribution in [2.24, 2.45) is 4.99 Å².